The molecule has 5 nitrogen and oxygen atoms in total. The van der Waals surface area contributed by atoms with E-state index in [2.05, 4.69) is 5.32 Å². The third kappa shape index (κ3) is 3.46. The van der Waals surface area contributed by atoms with E-state index in [4.69, 9.17) is 0 Å². The highest BCUT2D eigenvalue weighted by atomic mass is 32.2. The number of aliphatic carboxylic acids is 1. The number of carbonyl (C=O) groups excluding carboxylic acids is 1. The first kappa shape index (κ1) is 15.2. The van der Waals surface area contributed by atoms with E-state index in [1.54, 1.807) is 23.1 Å². The fourth-order valence-electron chi connectivity index (χ4n) is 2.08. The molecular weight excluding hydrogens is 296 g/mol. The Morgan fingerprint density at radius 3 is 2.85 bits per heavy atom. The maximum Gasteiger partial charge on any atom is 0.327 e. The van der Waals surface area contributed by atoms with Gasteiger partial charge in [-0.1, -0.05) is 0 Å². The average molecular weight is 314 g/mol. The Kier molecular flexibility index (Phi) is 4.93. The number of amides is 2. The second-order valence-electron chi connectivity index (χ2n) is 4.74. The van der Waals surface area contributed by atoms with Crippen molar-refractivity contribution in [3.05, 3.63) is 21.9 Å². The smallest absolute Gasteiger partial charge is 0.327 e. The number of carbonyl (C=O) groups is 2. The summed E-state index contributed by atoms with van der Waals surface area (Å²) in [5.41, 5.74) is 0. The Balaban J connectivity index is 2.01. The quantitative estimate of drug-likeness (QED) is 0.898. The molecule has 1 aliphatic rings. The minimum Gasteiger partial charge on any atom is -0.480 e. The number of nitrogens with one attached hydrogen (secondary N) is 1. The predicted molar refractivity (Wildman–Crippen MR) is 81.5 cm³/mol. The molecule has 1 saturated heterocycles. The molecule has 1 aromatic heterocycles. The molecule has 7 heteroatoms. The molecule has 0 aliphatic carbocycles. The number of nitrogens with zero attached hydrogens (tertiary/aromatic N) is 1. The SMILES string of the molecule is Cc1ccc(C(C)NC(=O)N2CCSCC2C(=O)O)s1. The minimum absolute atomic E-state index is 0.106. The summed E-state index contributed by atoms with van der Waals surface area (Å²) in [6, 6.07) is 2.87. The fraction of sp³-hybridized carbons (Fsp3) is 0.538. The molecule has 2 unspecified atom stereocenters. The summed E-state index contributed by atoms with van der Waals surface area (Å²) < 4.78 is 0. The van der Waals surface area contributed by atoms with Crippen LogP contribution in [-0.2, 0) is 4.79 Å². The van der Waals surface area contributed by atoms with Crippen LogP contribution < -0.4 is 5.32 Å². The van der Waals surface area contributed by atoms with E-state index in [9.17, 15) is 14.7 Å². The standard InChI is InChI=1S/C13H18N2O3S2/c1-8-3-4-11(20-8)9(2)14-13(18)15-5-6-19-7-10(15)12(16)17/h3-4,9-10H,5-7H2,1-2H3,(H,14,18)(H,16,17). The number of aryl methyl sites for hydroxylation is 1. The van der Waals surface area contributed by atoms with Crippen LogP contribution in [0.2, 0.25) is 0 Å². The van der Waals surface area contributed by atoms with Crippen molar-refractivity contribution in [3.8, 4) is 0 Å². The van der Waals surface area contributed by atoms with Gasteiger partial charge in [-0.2, -0.15) is 11.8 Å². The van der Waals surface area contributed by atoms with Crippen LogP contribution in [0.3, 0.4) is 0 Å². The molecule has 0 spiro atoms. The van der Waals surface area contributed by atoms with Crippen LogP contribution in [0.4, 0.5) is 4.79 Å². The van der Waals surface area contributed by atoms with E-state index >= 15 is 0 Å². The Morgan fingerprint density at radius 1 is 1.50 bits per heavy atom. The molecule has 2 rings (SSSR count). The molecule has 20 heavy (non-hydrogen) atoms. The van der Waals surface area contributed by atoms with Crippen molar-refractivity contribution >= 4 is 35.1 Å². The molecule has 0 aromatic carbocycles. The third-order valence-corrected chi connectivity index (χ3v) is 5.41. The lowest BCUT2D eigenvalue weighted by Gasteiger charge is -2.33. The van der Waals surface area contributed by atoms with Gasteiger partial charge < -0.3 is 15.3 Å². The van der Waals surface area contributed by atoms with Gasteiger partial charge in [0, 0.05) is 27.8 Å². The molecule has 1 aromatic rings. The lowest BCUT2D eigenvalue weighted by molar-refractivity contribution is -0.141. The largest absolute Gasteiger partial charge is 0.480 e. The number of rotatable bonds is 3. The third-order valence-electron chi connectivity index (χ3n) is 3.20. The first-order valence-corrected chi connectivity index (χ1v) is 8.40. The highest BCUT2D eigenvalue weighted by Crippen LogP contribution is 2.23. The number of thiophene rings is 1. The molecule has 0 bridgehead atoms. The Bertz CT molecular complexity index is 504. The van der Waals surface area contributed by atoms with E-state index in [1.807, 2.05) is 26.0 Å². The Morgan fingerprint density at radius 2 is 2.25 bits per heavy atom. The number of hydrogen-bond donors (Lipinski definition) is 2. The molecule has 2 N–H and O–H groups in total. The second kappa shape index (κ2) is 6.49. The van der Waals surface area contributed by atoms with Crippen LogP contribution in [-0.4, -0.2) is 46.1 Å². The zero-order valence-corrected chi connectivity index (χ0v) is 13.1. The minimum atomic E-state index is -0.938. The predicted octanol–water partition coefficient (Wildman–Crippen LogP) is 2.33. The second-order valence-corrected chi connectivity index (χ2v) is 7.21. The summed E-state index contributed by atoms with van der Waals surface area (Å²) in [7, 11) is 0. The van der Waals surface area contributed by atoms with Crippen LogP contribution in [0.1, 0.15) is 22.7 Å². The molecule has 1 aliphatic heterocycles. The number of thioether (sulfide) groups is 1. The Labute approximate surface area is 126 Å². The van der Waals surface area contributed by atoms with Crippen molar-refractivity contribution in [3.63, 3.8) is 0 Å². The highest BCUT2D eigenvalue weighted by molar-refractivity contribution is 7.99. The zero-order chi connectivity index (χ0) is 14.7. The first-order chi connectivity index (χ1) is 9.49. The van der Waals surface area contributed by atoms with Gasteiger partial charge in [-0.05, 0) is 26.0 Å². The highest BCUT2D eigenvalue weighted by Gasteiger charge is 2.32. The lowest BCUT2D eigenvalue weighted by Crippen LogP contribution is -2.54. The van der Waals surface area contributed by atoms with Gasteiger partial charge in [0.1, 0.15) is 6.04 Å². The van der Waals surface area contributed by atoms with Gasteiger partial charge in [0.15, 0.2) is 0 Å². The molecule has 2 heterocycles. The van der Waals surface area contributed by atoms with Gasteiger partial charge in [-0.15, -0.1) is 11.3 Å². The van der Waals surface area contributed by atoms with Crippen LogP contribution in [0.15, 0.2) is 12.1 Å². The van der Waals surface area contributed by atoms with Gasteiger partial charge in [0.25, 0.3) is 0 Å². The van der Waals surface area contributed by atoms with Crippen LogP contribution in [0.5, 0.6) is 0 Å². The fourth-order valence-corrected chi connectivity index (χ4v) is 3.99. The van der Waals surface area contributed by atoms with Crippen LogP contribution in [0, 0.1) is 6.92 Å². The van der Waals surface area contributed by atoms with Crippen LogP contribution in [0.25, 0.3) is 0 Å². The average Bonchev–Trinajstić information content (AvgIpc) is 2.85. The van der Waals surface area contributed by atoms with E-state index in [-0.39, 0.29) is 12.1 Å². The molecule has 0 saturated carbocycles. The summed E-state index contributed by atoms with van der Waals surface area (Å²) >= 11 is 3.21. The summed E-state index contributed by atoms with van der Waals surface area (Å²) in [4.78, 5) is 27.1. The summed E-state index contributed by atoms with van der Waals surface area (Å²) in [6.45, 7) is 4.41. The van der Waals surface area contributed by atoms with Gasteiger partial charge in [0.05, 0.1) is 6.04 Å². The van der Waals surface area contributed by atoms with Crippen molar-refractivity contribution in [2.45, 2.75) is 25.9 Å². The summed E-state index contributed by atoms with van der Waals surface area (Å²) in [5, 5.41) is 12.1. The van der Waals surface area contributed by atoms with E-state index in [1.165, 1.54) is 9.78 Å². The van der Waals surface area contributed by atoms with Gasteiger partial charge in [-0.25, -0.2) is 9.59 Å². The molecule has 2 atom stereocenters. The maximum atomic E-state index is 12.3. The number of urea groups is 1. The molecule has 1 fully saturated rings. The normalized spacial score (nSPS) is 20.5. The van der Waals surface area contributed by atoms with Crippen molar-refractivity contribution in [2.75, 3.05) is 18.1 Å². The van der Waals surface area contributed by atoms with Crippen molar-refractivity contribution in [1.29, 1.82) is 0 Å². The summed E-state index contributed by atoms with van der Waals surface area (Å²) in [6.07, 6.45) is 0. The molecular formula is C13H18N2O3S2. The van der Waals surface area contributed by atoms with Crippen molar-refractivity contribution < 1.29 is 14.7 Å². The first-order valence-electron chi connectivity index (χ1n) is 6.43. The van der Waals surface area contributed by atoms with E-state index in [0.29, 0.717) is 12.3 Å². The van der Waals surface area contributed by atoms with Crippen molar-refractivity contribution in [2.24, 2.45) is 0 Å². The van der Waals surface area contributed by atoms with E-state index in [0.717, 1.165) is 10.6 Å². The number of carboxylic acid groups (broad SMARTS) is 1. The van der Waals surface area contributed by atoms with Gasteiger partial charge in [-0.3, -0.25) is 0 Å². The van der Waals surface area contributed by atoms with E-state index < -0.39 is 12.0 Å². The number of hydrogen-bond acceptors (Lipinski definition) is 4. The van der Waals surface area contributed by atoms with Crippen molar-refractivity contribution in [1.82, 2.24) is 10.2 Å². The zero-order valence-electron chi connectivity index (χ0n) is 11.5. The monoisotopic (exact) mass is 314 g/mol. The lowest BCUT2D eigenvalue weighted by atomic mass is 10.2. The van der Waals surface area contributed by atoms with Gasteiger partial charge in [0.2, 0.25) is 0 Å². The maximum absolute atomic E-state index is 12.3. The molecule has 110 valence electrons. The van der Waals surface area contributed by atoms with Crippen LogP contribution >= 0.6 is 23.1 Å². The van der Waals surface area contributed by atoms with Gasteiger partial charge >= 0.3 is 12.0 Å². The molecule has 2 amide bonds. The molecule has 0 radical (unpaired) electrons. The summed E-state index contributed by atoms with van der Waals surface area (Å²) in [5.74, 6) is 0.297. The topological polar surface area (TPSA) is 69.6 Å². The Hall–Kier alpha value is -1.21. The number of carboxylic acids is 1.